The average molecular weight is 194 g/mol. The van der Waals surface area contributed by atoms with E-state index in [0.717, 1.165) is 19.4 Å². The van der Waals surface area contributed by atoms with Gasteiger partial charge in [-0.1, -0.05) is 0 Å². The molecular weight excluding hydrogens is 180 g/mol. The molecule has 0 radical (unpaired) electrons. The maximum absolute atomic E-state index is 7.81. The summed E-state index contributed by atoms with van der Waals surface area (Å²) in [7, 11) is 0. The normalized spacial score (nSPS) is 39.7. The Morgan fingerprint density at radius 1 is 1.64 bits per heavy atom. The summed E-state index contributed by atoms with van der Waals surface area (Å²) < 4.78 is 0. The van der Waals surface area contributed by atoms with Crippen molar-refractivity contribution in [3.05, 3.63) is 0 Å². The minimum atomic E-state index is -0.188. The molecule has 6 nitrogen and oxygen atoms in total. The van der Waals surface area contributed by atoms with Gasteiger partial charge in [0.05, 0.1) is 0 Å². The van der Waals surface area contributed by atoms with Gasteiger partial charge in [-0.2, -0.15) is 0 Å². The molecule has 0 amide bonds. The van der Waals surface area contributed by atoms with E-state index in [2.05, 4.69) is 15.6 Å². The Hall–Kier alpha value is -1.46. The number of nitrogens with one attached hydrogen (secondary N) is 3. The number of hydrogen-bond donors (Lipinski definition) is 4. The third kappa shape index (κ3) is 0.759. The molecule has 0 aromatic carbocycles. The minimum absolute atomic E-state index is 0.152. The maximum Gasteiger partial charge on any atom is 0.193 e. The van der Waals surface area contributed by atoms with Crippen LogP contribution in [0.4, 0.5) is 0 Å². The second kappa shape index (κ2) is 2.31. The first-order valence-corrected chi connectivity index (χ1v) is 4.94. The highest BCUT2D eigenvalue weighted by molar-refractivity contribution is 5.86. The van der Waals surface area contributed by atoms with Crippen LogP contribution in [0.5, 0.6) is 0 Å². The Balaban J connectivity index is 2.01. The lowest BCUT2D eigenvalue weighted by Crippen LogP contribution is -2.69. The summed E-state index contributed by atoms with van der Waals surface area (Å²) >= 11 is 0. The summed E-state index contributed by atoms with van der Waals surface area (Å²) in [5.74, 6) is 1.01. The summed E-state index contributed by atoms with van der Waals surface area (Å²) in [4.78, 5) is 6.41. The molecule has 0 aromatic heterocycles. The van der Waals surface area contributed by atoms with Crippen molar-refractivity contribution in [2.24, 2.45) is 10.7 Å². The van der Waals surface area contributed by atoms with Crippen LogP contribution in [0.15, 0.2) is 4.99 Å². The molecule has 14 heavy (non-hydrogen) atoms. The molecule has 3 heterocycles. The van der Waals surface area contributed by atoms with Crippen molar-refractivity contribution in [3.63, 3.8) is 0 Å². The number of nitrogens with zero attached hydrogens (tertiary/aromatic N) is 2. The zero-order chi connectivity index (χ0) is 9.76. The summed E-state index contributed by atoms with van der Waals surface area (Å²) in [5, 5.41) is 14.1. The van der Waals surface area contributed by atoms with E-state index in [1.54, 1.807) is 0 Å². The van der Waals surface area contributed by atoms with Crippen LogP contribution in [0.1, 0.15) is 12.8 Å². The Morgan fingerprint density at radius 3 is 3.36 bits per heavy atom. The van der Waals surface area contributed by atoms with Gasteiger partial charge in [0.2, 0.25) is 0 Å². The number of hydrogen-bond acceptors (Lipinski definition) is 4. The molecular formula is C8H14N6. The Bertz CT molecular complexity index is 324. The van der Waals surface area contributed by atoms with Gasteiger partial charge in [-0.3, -0.25) is 5.41 Å². The van der Waals surface area contributed by atoms with Crippen LogP contribution in [0.2, 0.25) is 0 Å². The lowest BCUT2D eigenvalue weighted by atomic mass is 9.97. The van der Waals surface area contributed by atoms with Crippen molar-refractivity contribution in [2.45, 2.75) is 24.5 Å². The molecule has 2 saturated heterocycles. The Labute approximate surface area is 82.1 Å². The predicted molar refractivity (Wildman–Crippen MR) is 52.9 cm³/mol. The van der Waals surface area contributed by atoms with Gasteiger partial charge in [0.1, 0.15) is 11.7 Å². The average Bonchev–Trinajstić information content (AvgIpc) is 2.67. The fourth-order valence-corrected chi connectivity index (χ4v) is 2.74. The van der Waals surface area contributed by atoms with Crippen LogP contribution in [-0.4, -0.2) is 41.6 Å². The van der Waals surface area contributed by atoms with Crippen LogP contribution in [0, 0.1) is 5.41 Å². The molecule has 6 heteroatoms. The van der Waals surface area contributed by atoms with Crippen LogP contribution in [-0.2, 0) is 0 Å². The van der Waals surface area contributed by atoms with Gasteiger partial charge in [0, 0.05) is 13.1 Å². The predicted octanol–water partition coefficient (Wildman–Crippen LogP) is -1.40. The molecule has 2 fully saturated rings. The zero-order valence-corrected chi connectivity index (χ0v) is 7.88. The molecule has 76 valence electrons. The summed E-state index contributed by atoms with van der Waals surface area (Å²) in [6, 6.07) is 0.152. The summed E-state index contributed by atoms with van der Waals surface area (Å²) in [5.41, 5.74) is 5.52. The van der Waals surface area contributed by atoms with Gasteiger partial charge in [0.15, 0.2) is 11.9 Å². The van der Waals surface area contributed by atoms with Crippen LogP contribution >= 0.6 is 0 Å². The molecule has 0 saturated carbocycles. The van der Waals surface area contributed by atoms with E-state index in [4.69, 9.17) is 11.1 Å². The van der Waals surface area contributed by atoms with Crippen molar-refractivity contribution in [1.29, 1.82) is 5.41 Å². The smallest absolute Gasteiger partial charge is 0.193 e. The Kier molecular flexibility index (Phi) is 1.31. The molecule has 3 aliphatic heterocycles. The van der Waals surface area contributed by atoms with Crippen LogP contribution < -0.4 is 16.4 Å². The second-order valence-corrected chi connectivity index (χ2v) is 4.06. The first-order chi connectivity index (χ1) is 6.72. The van der Waals surface area contributed by atoms with Gasteiger partial charge in [0.25, 0.3) is 0 Å². The standard InChI is InChI=1S/C8H14N6/c9-6-12-5-4-11-7(10)14-3-1-2-8(5,14)13-6/h5H,1-4H2,(H2,10,11)(H3,9,12,13)/t5-,8+/m0/s1. The maximum atomic E-state index is 7.81. The largest absolute Gasteiger partial charge is 0.370 e. The van der Waals surface area contributed by atoms with Crippen molar-refractivity contribution in [1.82, 2.24) is 15.5 Å². The van der Waals surface area contributed by atoms with Gasteiger partial charge in [-0.25, -0.2) is 4.99 Å². The lowest BCUT2D eigenvalue weighted by molar-refractivity contribution is 0.154. The van der Waals surface area contributed by atoms with E-state index in [9.17, 15) is 0 Å². The van der Waals surface area contributed by atoms with E-state index < -0.39 is 0 Å². The van der Waals surface area contributed by atoms with E-state index >= 15 is 0 Å². The molecule has 3 aliphatic rings. The molecule has 0 bridgehead atoms. The van der Waals surface area contributed by atoms with Crippen molar-refractivity contribution < 1.29 is 0 Å². The lowest BCUT2D eigenvalue weighted by Gasteiger charge is -2.44. The molecule has 0 aromatic rings. The molecule has 1 spiro atoms. The van der Waals surface area contributed by atoms with Gasteiger partial charge < -0.3 is 21.3 Å². The highest BCUT2D eigenvalue weighted by Gasteiger charge is 2.54. The Morgan fingerprint density at radius 2 is 2.50 bits per heavy atom. The number of guanidine groups is 2. The minimum Gasteiger partial charge on any atom is -0.370 e. The van der Waals surface area contributed by atoms with Crippen molar-refractivity contribution in [3.8, 4) is 0 Å². The second-order valence-electron chi connectivity index (χ2n) is 4.06. The zero-order valence-electron chi connectivity index (χ0n) is 7.88. The highest BCUT2D eigenvalue weighted by Crippen LogP contribution is 2.35. The molecule has 3 rings (SSSR count). The van der Waals surface area contributed by atoms with E-state index in [-0.39, 0.29) is 11.7 Å². The first-order valence-electron chi connectivity index (χ1n) is 4.94. The molecule has 0 aliphatic carbocycles. The first kappa shape index (κ1) is 7.90. The molecule has 2 atom stereocenters. The van der Waals surface area contributed by atoms with Crippen LogP contribution in [0.3, 0.4) is 0 Å². The monoisotopic (exact) mass is 194 g/mol. The fraction of sp³-hybridized carbons (Fsp3) is 0.750. The molecule has 0 unspecified atom stereocenters. The number of rotatable bonds is 0. The number of aliphatic imine (C=N–C) groups is 1. The number of nitrogens with two attached hydrogens (primary N) is 1. The molecule has 5 N–H and O–H groups in total. The van der Waals surface area contributed by atoms with Crippen molar-refractivity contribution >= 4 is 11.9 Å². The highest BCUT2D eigenvalue weighted by atomic mass is 15.5. The van der Waals surface area contributed by atoms with Crippen LogP contribution in [0.25, 0.3) is 0 Å². The van der Waals surface area contributed by atoms with Gasteiger partial charge in [-0.15, -0.1) is 0 Å². The third-order valence-corrected chi connectivity index (χ3v) is 3.34. The van der Waals surface area contributed by atoms with E-state index in [1.807, 2.05) is 4.90 Å². The fourth-order valence-electron chi connectivity index (χ4n) is 2.74. The SMILES string of the molecule is N=C1NC[C@@H]2N=C(N)N[C@@]23CCCN13. The summed E-state index contributed by atoms with van der Waals surface area (Å²) in [6.45, 7) is 1.63. The van der Waals surface area contributed by atoms with Gasteiger partial charge in [-0.05, 0) is 12.8 Å². The quantitative estimate of drug-likeness (QED) is 0.382. The topological polar surface area (TPSA) is 89.5 Å². The van der Waals surface area contributed by atoms with E-state index in [1.165, 1.54) is 0 Å². The van der Waals surface area contributed by atoms with Gasteiger partial charge >= 0.3 is 0 Å². The van der Waals surface area contributed by atoms with Crippen molar-refractivity contribution in [2.75, 3.05) is 13.1 Å². The third-order valence-electron chi connectivity index (χ3n) is 3.34. The van der Waals surface area contributed by atoms with E-state index in [0.29, 0.717) is 18.5 Å². The summed E-state index contributed by atoms with van der Waals surface area (Å²) in [6.07, 6.45) is 2.11.